The first-order valence-corrected chi connectivity index (χ1v) is 20.4. The first kappa shape index (κ1) is 39.7. The fourth-order valence-electron chi connectivity index (χ4n) is 8.77. The highest BCUT2D eigenvalue weighted by Crippen LogP contribution is 2.36. The number of benzene rings is 3. The Hall–Kier alpha value is -6.14. The molecule has 59 heavy (non-hydrogen) atoms. The van der Waals surface area contributed by atoms with E-state index in [9.17, 15) is 19.2 Å². The van der Waals surface area contributed by atoms with E-state index >= 15 is 0 Å². The van der Waals surface area contributed by atoms with E-state index in [1.807, 2.05) is 61.2 Å². The number of aromatic amines is 2. The summed E-state index contributed by atoms with van der Waals surface area (Å²) in [6.07, 6.45) is 3.32. The summed E-state index contributed by atoms with van der Waals surface area (Å²) in [5, 5.41) is 7.49. The van der Waals surface area contributed by atoms with E-state index < -0.39 is 24.3 Å². The van der Waals surface area contributed by atoms with Crippen LogP contribution >= 0.6 is 0 Å². The molecule has 0 aliphatic carbocycles. The number of hydrogen-bond donors (Lipinski definition) is 4. The van der Waals surface area contributed by atoms with E-state index in [1.165, 1.54) is 14.2 Å². The van der Waals surface area contributed by atoms with E-state index in [-0.39, 0.29) is 35.7 Å². The lowest BCUT2D eigenvalue weighted by Gasteiger charge is -2.34. The number of nitrogens with zero attached hydrogens (tertiary/aromatic N) is 4. The molecule has 0 saturated carbocycles. The van der Waals surface area contributed by atoms with Crippen LogP contribution in [-0.2, 0) is 23.8 Å². The maximum Gasteiger partial charge on any atom is 0.407 e. The maximum atomic E-state index is 14.1. The predicted molar refractivity (Wildman–Crippen MR) is 220 cm³/mol. The van der Waals surface area contributed by atoms with E-state index in [0.29, 0.717) is 45.0 Å². The Labute approximate surface area is 341 Å². The van der Waals surface area contributed by atoms with Crippen LogP contribution in [0.5, 0.6) is 0 Å². The van der Waals surface area contributed by atoms with Crippen LogP contribution in [0, 0.1) is 23.7 Å². The minimum atomic E-state index is -0.702. The normalized spacial score (nSPS) is 19.5. The number of alkyl carbamates (subject to hydrolysis) is 2. The van der Waals surface area contributed by atoms with E-state index in [2.05, 4.69) is 38.5 Å². The number of carbonyl (C=O) groups is 4. The summed E-state index contributed by atoms with van der Waals surface area (Å²) < 4.78 is 15.2. The molecule has 2 aromatic heterocycles. The second-order valence-electron chi connectivity index (χ2n) is 15.9. The first-order valence-electron chi connectivity index (χ1n) is 20.4. The largest absolute Gasteiger partial charge is 0.453 e. The topological polar surface area (TPSA) is 184 Å². The molecule has 3 aliphatic rings. The lowest BCUT2D eigenvalue weighted by molar-refractivity contribution is -0.137. The Bertz CT molecular complexity index is 2460. The minimum Gasteiger partial charge on any atom is -0.453 e. The number of imidazole rings is 2. The van der Waals surface area contributed by atoms with E-state index in [1.54, 1.807) is 4.90 Å². The van der Waals surface area contributed by atoms with Crippen molar-refractivity contribution in [2.45, 2.75) is 76.5 Å². The number of aromatic nitrogens is 4. The molecule has 0 radical (unpaired) electrons. The number of amides is 4. The van der Waals surface area contributed by atoms with Gasteiger partial charge in [0.05, 0.1) is 48.4 Å². The number of methoxy groups -OCH3 is 2. The van der Waals surface area contributed by atoms with Gasteiger partial charge in [-0.15, -0.1) is 0 Å². The number of nitrogens with one attached hydrogen (secondary N) is 4. The molecule has 5 heterocycles. The second kappa shape index (κ2) is 17.0. The summed E-state index contributed by atoms with van der Waals surface area (Å²) in [7, 11) is 2.59. The van der Waals surface area contributed by atoms with Crippen LogP contribution in [0.4, 0.5) is 9.59 Å². The van der Waals surface area contributed by atoms with Crippen LogP contribution in [0.25, 0.3) is 32.8 Å². The van der Waals surface area contributed by atoms with E-state index in [4.69, 9.17) is 24.2 Å². The van der Waals surface area contributed by atoms with Gasteiger partial charge in [0, 0.05) is 42.8 Å². The summed E-state index contributed by atoms with van der Waals surface area (Å²) in [5.41, 5.74) is 4.99. The third kappa shape index (κ3) is 8.14. The molecule has 3 fully saturated rings. The Kier molecular flexibility index (Phi) is 11.4. The van der Waals surface area contributed by atoms with Crippen molar-refractivity contribution in [3.05, 3.63) is 71.3 Å². The van der Waals surface area contributed by atoms with Gasteiger partial charge in [0.1, 0.15) is 23.7 Å². The average molecular weight is 803 g/mol. The number of carbonyl (C=O) groups excluding carboxylic acids is 4. The zero-order valence-corrected chi connectivity index (χ0v) is 33.8. The van der Waals surface area contributed by atoms with Crippen LogP contribution in [-0.4, -0.2) is 106 Å². The molecule has 3 aliphatic heterocycles. The van der Waals surface area contributed by atoms with Crippen molar-refractivity contribution in [3.8, 4) is 11.8 Å². The average Bonchev–Trinajstić information content (AvgIpc) is 4.09. The first-order chi connectivity index (χ1) is 28.6. The van der Waals surface area contributed by atoms with Crippen molar-refractivity contribution in [1.29, 1.82) is 0 Å². The summed E-state index contributed by atoms with van der Waals surface area (Å²) in [4.78, 5) is 72.5. The summed E-state index contributed by atoms with van der Waals surface area (Å²) in [5.74, 6) is 7.63. The number of hydrogen-bond acceptors (Lipinski definition) is 9. The highest BCUT2D eigenvalue weighted by Gasteiger charge is 2.41. The van der Waals surface area contributed by atoms with E-state index in [0.717, 1.165) is 75.5 Å². The summed E-state index contributed by atoms with van der Waals surface area (Å²) in [6.45, 7) is 6.06. The van der Waals surface area contributed by atoms with Gasteiger partial charge >= 0.3 is 12.2 Å². The van der Waals surface area contributed by atoms with Gasteiger partial charge in [0.15, 0.2) is 0 Å². The summed E-state index contributed by atoms with van der Waals surface area (Å²) in [6, 6.07) is 14.1. The van der Waals surface area contributed by atoms with Gasteiger partial charge in [-0.05, 0) is 92.1 Å². The number of ether oxygens (including phenoxy) is 3. The molecular formula is C44H50N8O7. The van der Waals surface area contributed by atoms with Gasteiger partial charge in [-0.2, -0.15) is 0 Å². The summed E-state index contributed by atoms with van der Waals surface area (Å²) >= 11 is 0. The Morgan fingerprint density at radius 1 is 0.763 bits per heavy atom. The molecule has 0 spiro atoms. The van der Waals surface area contributed by atoms with Crippen LogP contribution in [0.3, 0.4) is 0 Å². The molecule has 5 aromatic rings. The number of likely N-dealkylation sites (tertiary alicyclic amines) is 2. The van der Waals surface area contributed by atoms with Crippen LogP contribution < -0.4 is 10.6 Å². The van der Waals surface area contributed by atoms with Crippen LogP contribution in [0.2, 0.25) is 0 Å². The maximum absolute atomic E-state index is 14.1. The van der Waals surface area contributed by atoms with Gasteiger partial charge in [-0.25, -0.2) is 19.6 Å². The minimum absolute atomic E-state index is 0.0378. The molecule has 4 atom stereocenters. The monoisotopic (exact) mass is 802 g/mol. The third-order valence-electron chi connectivity index (χ3n) is 11.9. The van der Waals surface area contributed by atoms with Crippen molar-refractivity contribution in [2.75, 3.05) is 40.5 Å². The van der Waals surface area contributed by atoms with Gasteiger partial charge < -0.3 is 44.6 Å². The lowest BCUT2D eigenvalue weighted by atomic mass is 9.90. The van der Waals surface area contributed by atoms with Gasteiger partial charge in [0.25, 0.3) is 0 Å². The number of H-pyrrole nitrogens is 2. The van der Waals surface area contributed by atoms with Crippen LogP contribution in [0.1, 0.15) is 87.2 Å². The Morgan fingerprint density at radius 3 is 2.08 bits per heavy atom. The second-order valence-corrected chi connectivity index (χ2v) is 15.9. The van der Waals surface area contributed by atoms with Crippen molar-refractivity contribution in [2.24, 2.45) is 11.8 Å². The van der Waals surface area contributed by atoms with Gasteiger partial charge in [-0.1, -0.05) is 37.8 Å². The van der Waals surface area contributed by atoms with Crippen molar-refractivity contribution in [3.63, 3.8) is 0 Å². The molecule has 2 unspecified atom stereocenters. The molecule has 15 heteroatoms. The van der Waals surface area contributed by atoms with Crippen LogP contribution in [0.15, 0.2) is 48.5 Å². The Balaban J connectivity index is 0.991. The quantitative estimate of drug-likeness (QED) is 0.140. The number of rotatable bonds is 8. The molecule has 15 nitrogen and oxygen atoms in total. The molecule has 0 bridgehead atoms. The highest BCUT2D eigenvalue weighted by molar-refractivity contribution is 6.04. The molecule has 8 rings (SSSR count). The molecular weight excluding hydrogens is 753 g/mol. The van der Waals surface area contributed by atoms with Crippen molar-refractivity contribution >= 4 is 56.8 Å². The molecule has 4 N–H and O–H groups in total. The zero-order chi connectivity index (χ0) is 41.2. The fraction of sp³-hybridized carbons (Fsp3) is 0.455. The zero-order valence-electron chi connectivity index (χ0n) is 33.8. The van der Waals surface area contributed by atoms with Gasteiger partial charge in [-0.3, -0.25) is 9.59 Å². The lowest BCUT2D eigenvalue weighted by Crippen LogP contribution is -2.53. The molecule has 3 aromatic carbocycles. The predicted octanol–water partition coefficient (Wildman–Crippen LogP) is 5.85. The number of fused-ring (bicyclic) bond motifs is 4. The van der Waals surface area contributed by atoms with Gasteiger partial charge in [0.2, 0.25) is 11.8 Å². The molecule has 4 amide bonds. The molecule has 3 saturated heterocycles. The van der Waals surface area contributed by atoms with Crippen molar-refractivity contribution < 1.29 is 33.4 Å². The standard InChI is InChI=1S/C44H50N8O7/c1-25(2)36(49-43(55)57-3)41(53)51-19-5-7-34(51)39-45-31-15-12-27(24-33(31)47-39)10-9-26-11-14-30-29(23-26)13-16-32-38(30)48-40(46-32)35-8-6-20-52(35)42(54)37(50-44(56)58-4)28-17-21-59-22-18-28/h11-16,23-25,28,34-37H,5-8,17-22H2,1-4H3,(H,45,47)(H,46,48)(H,49,55)(H,50,56)/t34?,35?,36-,37-/m0/s1. The Morgan fingerprint density at radius 2 is 1.39 bits per heavy atom. The molecule has 308 valence electrons. The fourth-order valence-corrected chi connectivity index (χ4v) is 8.77. The third-order valence-corrected chi connectivity index (χ3v) is 11.9. The SMILES string of the molecule is COC(=O)N[C@H](C(=O)N1CCCC1c1nc2ccc(C#Cc3ccc4c(ccc5[nH]c(C6CCCN6C(=O)[C@@H](NC(=O)OC)C6CCOCC6)nc54)c3)cc2[nH]1)C(C)C. The van der Waals surface area contributed by atoms with Crippen molar-refractivity contribution in [1.82, 2.24) is 40.4 Å². The smallest absolute Gasteiger partial charge is 0.407 e. The highest BCUT2D eigenvalue weighted by atomic mass is 16.5.